The highest BCUT2D eigenvalue weighted by atomic mass is 16.5. The summed E-state index contributed by atoms with van der Waals surface area (Å²) in [4.78, 5) is 10.9. The second kappa shape index (κ2) is 3.08. The van der Waals surface area contributed by atoms with Gasteiger partial charge in [-0.1, -0.05) is 11.6 Å². The molecule has 1 N–H and O–H groups in total. The molecule has 0 amide bonds. The van der Waals surface area contributed by atoms with E-state index in [1.165, 1.54) is 25.5 Å². The third-order valence-corrected chi connectivity index (χ3v) is 3.92. The first-order valence-corrected chi connectivity index (χ1v) is 5.43. The summed E-state index contributed by atoms with van der Waals surface area (Å²) in [7, 11) is 0. The van der Waals surface area contributed by atoms with Crippen molar-refractivity contribution < 1.29 is 14.4 Å². The first-order chi connectivity index (χ1) is 7.25. The lowest BCUT2D eigenvalue weighted by Gasteiger charge is -2.19. The molecule has 80 valence electrons. The summed E-state index contributed by atoms with van der Waals surface area (Å²) >= 11 is 0. The molecule has 0 unspecified atom stereocenters. The fraction of sp³-hybridized carbons (Fsp3) is 0.636. The van der Waals surface area contributed by atoms with Gasteiger partial charge in [0, 0.05) is 5.92 Å². The molecule has 0 radical (unpaired) electrons. The van der Waals surface area contributed by atoms with Crippen LogP contribution in [0.3, 0.4) is 0 Å². The summed E-state index contributed by atoms with van der Waals surface area (Å²) in [6.07, 6.45) is 6.13. The van der Waals surface area contributed by atoms with Crippen LogP contribution in [-0.4, -0.2) is 16.2 Å². The largest absolute Gasteiger partial charge is 0.478 e. The highest BCUT2D eigenvalue weighted by molar-refractivity contribution is 5.88. The van der Waals surface area contributed by atoms with Crippen molar-refractivity contribution in [3.05, 3.63) is 17.5 Å². The van der Waals surface area contributed by atoms with Crippen LogP contribution in [0.5, 0.6) is 0 Å². The normalized spacial score (nSPS) is 33.5. The zero-order valence-corrected chi connectivity index (χ0v) is 8.35. The Kier molecular flexibility index (Phi) is 1.84. The minimum atomic E-state index is -0.922. The number of aromatic nitrogens is 1. The van der Waals surface area contributed by atoms with Crippen LogP contribution in [0.1, 0.15) is 47.7 Å². The number of carboxylic acids is 1. The SMILES string of the molecule is O=C(O)c1conc1[C@@H]1C[C@H]2CC[C@H]1C2. The maximum atomic E-state index is 10.9. The van der Waals surface area contributed by atoms with Crippen molar-refractivity contribution in [3.8, 4) is 0 Å². The van der Waals surface area contributed by atoms with Crippen molar-refractivity contribution in [2.75, 3.05) is 0 Å². The Labute approximate surface area is 87.3 Å². The predicted octanol–water partition coefficient (Wildman–Crippen LogP) is 2.28. The van der Waals surface area contributed by atoms with Crippen LogP contribution < -0.4 is 0 Å². The lowest BCUT2D eigenvalue weighted by molar-refractivity contribution is 0.0694. The van der Waals surface area contributed by atoms with Gasteiger partial charge >= 0.3 is 5.97 Å². The lowest BCUT2D eigenvalue weighted by Crippen LogP contribution is -2.12. The molecule has 0 aromatic carbocycles. The molecule has 2 aliphatic rings. The van der Waals surface area contributed by atoms with Gasteiger partial charge in [-0.15, -0.1) is 0 Å². The van der Waals surface area contributed by atoms with Gasteiger partial charge in [-0.3, -0.25) is 0 Å². The van der Waals surface area contributed by atoms with Gasteiger partial charge in [0.2, 0.25) is 0 Å². The molecule has 3 atom stereocenters. The van der Waals surface area contributed by atoms with Crippen molar-refractivity contribution in [3.63, 3.8) is 0 Å². The number of hydrogen-bond acceptors (Lipinski definition) is 3. The van der Waals surface area contributed by atoms with Gasteiger partial charge in [-0.05, 0) is 31.1 Å². The third kappa shape index (κ3) is 1.28. The fourth-order valence-corrected chi connectivity index (χ4v) is 3.25. The minimum Gasteiger partial charge on any atom is -0.478 e. The number of hydrogen-bond donors (Lipinski definition) is 1. The van der Waals surface area contributed by atoms with Crippen molar-refractivity contribution in [1.82, 2.24) is 5.16 Å². The van der Waals surface area contributed by atoms with E-state index >= 15 is 0 Å². The molecule has 2 saturated carbocycles. The highest BCUT2D eigenvalue weighted by Crippen LogP contribution is 2.52. The summed E-state index contributed by atoms with van der Waals surface area (Å²) in [5.41, 5.74) is 0.933. The van der Waals surface area contributed by atoms with Gasteiger partial charge < -0.3 is 9.63 Å². The van der Waals surface area contributed by atoms with Crippen LogP contribution >= 0.6 is 0 Å². The molecule has 1 aromatic heterocycles. The number of carbonyl (C=O) groups is 1. The van der Waals surface area contributed by atoms with E-state index in [2.05, 4.69) is 5.16 Å². The molecular formula is C11H13NO3. The molecule has 1 aromatic rings. The van der Waals surface area contributed by atoms with E-state index in [-0.39, 0.29) is 5.56 Å². The van der Waals surface area contributed by atoms with Gasteiger partial charge in [0.1, 0.15) is 17.5 Å². The molecule has 2 fully saturated rings. The van der Waals surface area contributed by atoms with Crippen LogP contribution in [0, 0.1) is 11.8 Å². The van der Waals surface area contributed by atoms with Crippen molar-refractivity contribution >= 4 is 5.97 Å². The Morgan fingerprint density at radius 2 is 2.33 bits per heavy atom. The zero-order chi connectivity index (χ0) is 10.4. The molecule has 4 nitrogen and oxygen atoms in total. The molecule has 0 aliphatic heterocycles. The average Bonchev–Trinajstić information content (AvgIpc) is 2.92. The van der Waals surface area contributed by atoms with E-state index in [0.29, 0.717) is 17.5 Å². The smallest absolute Gasteiger partial charge is 0.340 e. The lowest BCUT2D eigenvalue weighted by atomic mass is 9.85. The molecule has 1 heterocycles. The maximum absolute atomic E-state index is 10.9. The Morgan fingerprint density at radius 3 is 2.93 bits per heavy atom. The molecular weight excluding hydrogens is 194 g/mol. The van der Waals surface area contributed by atoms with E-state index in [9.17, 15) is 4.79 Å². The van der Waals surface area contributed by atoms with Crippen molar-refractivity contribution in [2.24, 2.45) is 11.8 Å². The fourth-order valence-electron chi connectivity index (χ4n) is 3.25. The minimum absolute atomic E-state index is 0.257. The summed E-state index contributed by atoms with van der Waals surface area (Å²) in [6, 6.07) is 0. The van der Waals surface area contributed by atoms with E-state index in [4.69, 9.17) is 9.63 Å². The first-order valence-electron chi connectivity index (χ1n) is 5.43. The number of aromatic carboxylic acids is 1. The van der Waals surface area contributed by atoms with Crippen LogP contribution in [0.4, 0.5) is 0 Å². The first kappa shape index (κ1) is 8.95. The van der Waals surface area contributed by atoms with Gasteiger partial charge in [0.25, 0.3) is 0 Å². The number of carboxylic acid groups (broad SMARTS) is 1. The Bertz CT molecular complexity index is 398. The Balaban J connectivity index is 1.93. The topological polar surface area (TPSA) is 63.3 Å². The van der Waals surface area contributed by atoms with Crippen LogP contribution in [-0.2, 0) is 0 Å². The molecule has 0 saturated heterocycles. The monoisotopic (exact) mass is 207 g/mol. The molecule has 2 bridgehead atoms. The van der Waals surface area contributed by atoms with E-state index in [1.54, 1.807) is 0 Å². The molecule has 15 heavy (non-hydrogen) atoms. The van der Waals surface area contributed by atoms with Gasteiger partial charge in [-0.25, -0.2) is 4.79 Å². The standard InChI is InChI=1S/C11H13NO3/c13-11(14)9-5-15-12-10(9)8-4-6-1-2-7(8)3-6/h5-8H,1-4H2,(H,13,14)/t6-,7-,8+/m0/s1. The number of nitrogens with zero attached hydrogens (tertiary/aromatic N) is 1. The van der Waals surface area contributed by atoms with Gasteiger partial charge in [-0.2, -0.15) is 0 Å². The number of rotatable bonds is 2. The highest BCUT2D eigenvalue weighted by Gasteiger charge is 2.42. The predicted molar refractivity (Wildman–Crippen MR) is 51.7 cm³/mol. The van der Waals surface area contributed by atoms with Crippen LogP contribution in [0.25, 0.3) is 0 Å². The second-order valence-corrected chi connectivity index (χ2v) is 4.70. The van der Waals surface area contributed by atoms with Gasteiger partial charge in [0.15, 0.2) is 0 Å². The zero-order valence-electron chi connectivity index (χ0n) is 8.35. The molecule has 3 rings (SSSR count). The molecule has 0 spiro atoms. The Hall–Kier alpha value is -1.32. The summed E-state index contributed by atoms with van der Waals surface area (Å²) < 4.78 is 4.80. The quantitative estimate of drug-likeness (QED) is 0.808. The van der Waals surface area contributed by atoms with Gasteiger partial charge in [0.05, 0.1) is 0 Å². The van der Waals surface area contributed by atoms with Crippen molar-refractivity contribution in [1.29, 1.82) is 0 Å². The average molecular weight is 207 g/mol. The van der Waals surface area contributed by atoms with E-state index < -0.39 is 5.97 Å². The van der Waals surface area contributed by atoms with E-state index in [1.807, 2.05) is 0 Å². The third-order valence-electron chi connectivity index (χ3n) is 3.92. The van der Waals surface area contributed by atoms with Crippen LogP contribution in [0.15, 0.2) is 10.8 Å². The summed E-state index contributed by atoms with van der Waals surface area (Å²) in [5, 5.41) is 12.9. The van der Waals surface area contributed by atoms with Crippen molar-refractivity contribution in [2.45, 2.75) is 31.6 Å². The molecule has 4 heteroatoms. The second-order valence-electron chi connectivity index (χ2n) is 4.70. The summed E-state index contributed by atoms with van der Waals surface area (Å²) in [5.74, 6) is 0.833. The number of fused-ring (bicyclic) bond motifs is 2. The van der Waals surface area contributed by atoms with Crippen LogP contribution in [0.2, 0.25) is 0 Å². The summed E-state index contributed by atoms with van der Waals surface area (Å²) in [6.45, 7) is 0. The molecule has 2 aliphatic carbocycles. The maximum Gasteiger partial charge on any atom is 0.340 e. The Morgan fingerprint density at radius 1 is 1.47 bits per heavy atom. The van der Waals surface area contributed by atoms with E-state index in [0.717, 1.165) is 12.3 Å².